The topological polar surface area (TPSA) is 119 Å². The number of rotatable bonds is 0. The van der Waals surface area contributed by atoms with Crippen LogP contribution in [-0.4, -0.2) is 32.9 Å². The molecule has 0 saturated carbocycles. The Morgan fingerprint density at radius 2 is 1.64 bits per heavy atom. The molecule has 0 radical (unpaired) electrons. The van der Waals surface area contributed by atoms with E-state index in [0.717, 1.165) is 0 Å². The van der Waals surface area contributed by atoms with Crippen molar-refractivity contribution in [2.75, 3.05) is 0 Å². The van der Waals surface area contributed by atoms with Crippen LogP contribution in [0.15, 0.2) is 12.4 Å². The molecule has 0 aliphatic carbocycles. The molecular formula is C2H4CsN3O4S. The van der Waals surface area contributed by atoms with Crippen LogP contribution < -0.4 is 68.9 Å². The van der Waals surface area contributed by atoms with Crippen LogP contribution in [0.2, 0.25) is 0 Å². The Morgan fingerprint density at radius 1 is 1.36 bits per heavy atom. The summed E-state index contributed by atoms with van der Waals surface area (Å²) in [5.41, 5.74) is 0. The Balaban J connectivity index is 0. The van der Waals surface area contributed by atoms with Crippen LogP contribution >= 0.6 is 0 Å². The van der Waals surface area contributed by atoms with E-state index in [2.05, 4.69) is 15.4 Å². The average Bonchev–Trinajstić information content (AvgIpc) is 2.07. The molecule has 0 bridgehead atoms. The van der Waals surface area contributed by atoms with E-state index in [-0.39, 0.29) is 68.9 Å². The third kappa shape index (κ3) is 24.7. The zero-order chi connectivity index (χ0) is 8.04. The van der Waals surface area contributed by atoms with Gasteiger partial charge in [0, 0.05) is 0 Å². The third-order valence-corrected chi connectivity index (χ3v) is 0.331. The maximum Gasteiger partial charge on any atom is 1.00 e. The Morgan fingerprint density at radius 3 is 1.73 bits per heavy atom. The number of aromatic nitrogens is 3. The van der Waals surface area contributed by atoms with Crippen LogP contribution in [0.5, 0.6) is 0 Å². The summed E-state index contributed by atoms with van der Waals surface area (Å²) in [6, 6.07) is 0. The van der Waals surface area contributed by atoms with Crippen molar-refractivity contribution in [3.63, 3.8) is 0 Å². The molecule has 1 rings (SSSR count). The molecule has 0 spiro atoms. The van der Waals surface area contributed by atoms with E-state index in [9.17, 15) is 0 Å². The summed E-state index contributed by atoms with van der Waals surface area (Å²) < 4.78 is 32.8. The van der Waals surface area contributed by atoms with Gasteiger partial charge >= 0.3 is 68.9 Å². The molecule has 0 aliphatic heterocycles. The summed E-state index contributed by atoms with van der Waals surface area (Å²) in [6.45, 7) is 0. The van der Waals surface area contributed by atoms with Crippen LogP contribution in [0.1, 0.15) is 0 Å². The zero-order valence-corrected chi connectivity index (χ0v) is 12.7. The fraction of sp³-hybridized carbons (Fsp3) is 0. The van der Waals surface area contributed by atoms with E-state index in [1.165, 1.54) is 0 Å². The molecule has 58 valence electrons. The normalized spacial score (nSPS) is 8.91. The summed E-state index contributed by atoms with van der Waals surface area (Å²) in [5, 5.41) is 9.33. The van der Waals surface area contributed by atoms with Gasteiger partial charge in [0.15, 0.2) is 0 Å². The molecular weight excluding hydrogens is 295 g/mol. The average molecular weight is 299 g/mol. The van der Waals surface area contributed by atoms with Gasteiger partial charge in [0.05, 0.1) is 12.4 Å². The first-order chi connectivity index (χ1) is 4.50. The predicted octanol–water partition coefficient (Wildman–Crippen LogP) is -4.19. The number of H-pyrrole nitrogens is 1. The Hall–Kier alpha value is 1.06. The number of hydrogen-bond donors (Lipinski definition) is 2. The second-order valence-electron chi connectivity index (χ2n) is 1.08. The van der Waals surface area contributed by atoms with Gasteiger partial charge in [-0.3, -0.25) is 4.55 Å². The van der Waals surface area contributed by atoms with E-state index >= 15 is 0 Å². The molecule has 0 atom stereocenters. The largest absolute Gasteiger partial charge is 1.00 e. The van der Waals surface area contributed by atoms with Gasteiger partial charge < -0.3 is 4.55 Å². The summed E-state index contributed by atoms with van der Waals surface area (Å²) in [7, 11) is -4.92. The smallest absolute Gasteiger partial charge is 0.726 e. The summed E-state index contributed by atoms with van der Waals surface area (Å²) in [5.74, 6) is 0. The number of aromatic amines is 1. The minimum absolute atomic E-state index is 0. The molecule has 0 fully saturated rings. The second-order valence-corrected chi connectivity index (χ2v) is 1.94. The quantitative estimate of drug-likeness (QED) is 0.370. The SMILES string of the molecule is O=S(=O)([O-])O.[Cs+].c1cn[nH]n1. The molecule has 0 amide bonds. The summed E-state index contributed by atoms with van der Waals surface area (Å²) >= 11 is 0. The zero-order valence-electron chi connectivity index (χ0n) is 5.63. The Labute approximate surface area is 122 Å². The molecule has 2 N–H and O–H groups in total. The van der Waals surface area contributed by atoms with E-state index in [0.29, 0.717) is 0 Å². The molecule has 7 nitrogen and oxygen atoms in total. The van der Waals surface area contributed by atoms with Gasteiger partial charge in [-0.2, -0.15) is 15.4 Å². The monoisotopic (exact) mass is 299 g/mol. The first-order valence-corrected chi connectivity index (χ1v) is 3.34. The molecule has 0 saturated heterocycles. The van der Waals surface area contributed by atoms with Crippen molar-refractivity contribution < 1.29 is 86.4 Å². The number of hydrogen-bond acceptors (Lipinski definition) is 5. The third-order valence-electron chi connectivity index (χ3n) is 0.331. The standard InChI is InChI=1S/C2H3N3.Cs.H2O4S/c1-2-4-5-3-1;;1-5(2,3)4/h1-2H,(H,3,4,5);;(H2,1,2,3,4)/q;+1;/p-1. The van der Waals surface area contributed by atoms with Crippen LogP contribution in [0.25, 0.3) is 0 Å². The molecule has 9 heteroatoms. The van der Waals surface area contributed by atoms with Crippen molar-refractivity contribution in [1.82, 2.24) is 15.4 Å². The van der Waals surface area contributed by atoms with Crippen molar-refractivity contribution >= 4 is 10.4 Å². The maximum atomic E-state index is 8.63. The fourth-order valence-electron chi connectivity index (χ4n) is 0.167. The minimum Gasteiger partial charge on any atom is -0.726 e. The molecule has 1 aromatic heterocycles. The van der Waals surface area contributed by atoms with Gasteiger partial charge in [-0.25, -0.2) is 8.42 Å². The molecule has 0 aliphatic rings. The van der Waals surface area contributed by atoms with E-state index < -0.39 is 10.4 Å². The van der Waals surface area contributed by atoms with E-state index in [1.807, 2.05) is 0 Å². The van der Waals surface area contributed by atoms with Crippen molar-refractivity contribution in [3.8, 4) is 0 Å². The Kier molecular flexibility index (Phi) is 10.2. The number of nitrogens with zero attached hydrogens (tertiary/aromatic N) is 2. The van der Waals surface area contributed by atoms with Gasteiger partial charge in [-0.1, -0.05) is 0 Å². The summed E-state index contributed by atoms with van der Waals surface area (Å²) in [6.07, 6.45) is 3.17. The number of nitrogens with one attached hydrogen (secondary N) is 1. The molecule has 11 heavy (non-hydrogen) atoms. The van der Waals surface area contributed by atoms with Gasteiger partial charge in [-0.15, -0.1) is 0 Å². The van der Waals surface area contributed by atoms with E-state index in [4.69, 9.17) is 17.5 Å². The molecule has 1 aromatic rings. The van der Waals surface area contributed by atoms with Crippen molar-refractivity contribution in [3.05, 3.63) is 12.4 Å². The van der Waals surface area contributed by atoms with Crippen molar-refractivity contribution in [2.24, 2.45) is 0 Å². The van der Waals surface area contributed by atoms with Crippen molar-refractivity contribution in [1.29, 1.82) is 0 Å². The maximum absolute atomic E-state index is 8.63. The van der Waals surface area contributed by atoms with Crippen LogP contribution in [0.3, 0.4) is 0 Å². The molecule has 1 heterocycles. The van der Waals surface area contributed by atoms with Gasteiger partial charge in [0.1, 0.15) is 0 Å². The molecule has 0 aromatic carbocycles. The first kappa shape index (κ1) is 14.6. The van der Waals surface area contributed by atoms with Crippen LogP contribution in [0.4, 0.5) is 0 Å². The van der Waals surface area contributed by atoms with Crippen molar-refractivity contribution in [2.45, 2.75) is 0 Å². The fourth-order valence-corrected chi connectivity index (χ4v) is 0.167. The molecule has 0 unspecified atom stereocenters. The van der Waals surface area contributed by atoms with Crippen LogP contribution in [0, 0.1) is 0 Å². The van der Waals surface area contributed by atoms with E-state index in [1.54, 1.807) is 12.4 Å². The predicted molar refractivity (Wildman–Crippen MR) is 28.7 cm³/mol. The summed E-state index contributed by atoms with van der Waals surface area (Å²) in [4.78, 5) is 0. The van der Waals surface area contributed by atoms with Gasteiger partial charge in [0.2, 0.25) is 10.4 Å². The second kappa shape index (κ2) is 7.70. The van der Waals surface area contributed by atoms with Crippen LogP contribution in [-0.2, 0) is 10.4 Å². The van der Waals surface area contributed by atoms with Gasteiger partial charge in [0.25, 0.3) is 0 Å². The Bertz CT molecular complexity index is 219. The minimum atomic E-state index is -4.92. The van der Waals surface area contributed by atoms with Gasteiger partial charge in [-0.05, 0) is 0 Å². The first-order valence-electron chi connectivity index (χ1n) is 1.98.